The Morgan fingerprint density at radius 3 is 1.71 bits per heavy atom. The lowest BCUT2D eigenvalue weighted by Crippen LogP contribution is -2.20. The normalized spacial score (nSPS) is 9.75. The molecule has 0 heterocycles. The molecule has 7 nitrogen and oxygen atoms in total. The first-order valence-electron chi connectivity index (χ1n) is 6.33. The zero-order valence-corrected chi connectivity index (χ0v) is 20.0. The van der Waals surface area contributed by atoms with E-state index in [2.05, 4.69) is 10.6 Å². The quantitative estimate of drug-likeness (QED) is 0.325. The minimum absolute atomic E-state index is 0. The number of benzene rings is 1. The van der Waals surface area contributed by atoms with Gasteiger partial charge < -0.3 is 21.1 Å². The van der Waals surface area contributed by atoms with Crippen LogP contribution in [0.15, 0.2) is 0 Å². The Kier molecular flexibility index (Phi) is 11.0. The average molecular weight is 693 g/mol. The molecule has 0 radical (unpaired) electrons. The van der Waals surface area contributed by atoms with Crippen molar-refractivity contribution in [1.82, 2.24) is 0 Å². The van der Waals surface area contributed by atoms with Gasteiger partial charge in [0.2, 0.25) is 11.8 Å². The zero-order chi connectivity index (χ0) is 17.7. The number of nitrogens with two attached hydrogens (primary N) is 1. The SMILES string of the molecule is CC(=O)Nc1c(I)c(NC(C)=O)c(I)c(C(=O)OCCN)c1I.Cl. The van der Waals surface area contributed by atoms with Gasteiger partial charge >= 0.3 is 5.97 Å². The third-order valence-corrected chi connectivity index (χ3v) is 5.71. The first-order valence-corrected chi connectivity index (χ1v) is 9.57. The van der Waals surface area contributed by atoms with E-state index in [1.165, 1.54) is 13.8 Å². The van der Waals surface area contributed by atoms with Crippen LogP contribution in [0.2, 0.25) is 0 Å². The smallest absolute Gasteiger partial charge is 0.340 e. The number of carbonyl (C=O) groups is 3. The molecule has 0 bridgehead atoms. The summed E-state index contributed by atoms with van der Waals surface area (Å²) in [4.78, 5) is 35.2. The summed E-state index contributed by atoms with van der Waals surface area (Å²) in [5, 5.41) is 5.39. The number of carbonyl (C=O) groups excluding carboxylic acids is 3. The highest BCUT2D eigenvalue weighted by Gasteiger charge is 2.26. The Labute approximate surface area is 186 Å². The molecule has 0 aromatic heterocycles. The molecule has 0 spiro atoms. The van der Waals surface area contributed by atoms with Crippen molar-refractivity contribution in [3.05, 3.63) is 16.3 Å². The van der Waals surface area contributed by atoms with Crippen LogP contribution in [0.4, 0.5) is 11.4 Å². The highest BCUT2D eigenvalue weighted by molar-refractivity contribution is 14.1. The van der Waals surface area contributed by atoms with Gasteiger partial charge in [0.25, 0.3) is 0 Å². The predicted molar refractivity (Wildman–Crippen MR) is 120 cm³/mol. The van der Waals surface area contributed by atoms with Gasteiger partial charge in [0, 0.05) is 20.4 Å². The molecule has 0 saturated carbocycles. The van der Waals surface area contributed by atoms with Crippen LogP contribution in [-0.4, -0.2) is 30.9 Å². The summed E-state index contributed by atoms with van der Waals surface area (Å²) in [6.07, 6.45) is 0. The summed E-state index contributed by atoms with van der Waals surface area (Å²) < 4.78 is 6.82. The van der Waals surface area contributed by atoms with E-state index >= 15 is 0 Å². The topological polar surface area (TPSA) is 111 Å². The lowest BCUT2D eigenvalue weighted by Gasteiger charge is -2.19. The molecule has 1 rings (SSSR count). The minimum Gasteiger partial charge on any atom is -0.461 e. The Bertz CT molecular complexity index is 627. The van der Waals surface area contributed by atoms with Crippen molar-refractivity contribution in [2.75, 3.05) is 23.8 Å². The van der Waals surface area contributed by atoms with Crippen LogP contribution in [0.1, 0.15) is 24.2 Å². The van der Waals surface area contributed by atoms with Gasteiger partial charge in [-0.15, -0.1) is 12.4 Å². The maximum atomic E-state index is 12.3. The maximum Gasteiger partial charge on any atom is 0.340 e. The molecule has 1 aromatic carbocycles. The lowest BCUT2D eigenvalue weighted by atomic mass is 10.1. The first-order chi connectivity index (χ1) is 10.7. The fraction of sp³-hybridized carbons (Fsp3) is 0.308. The fourth-order valence-corrected chi connectivity index (χ4v) is 5.78. The molecule has 0 atom stereocenters. The number of anilines is 2. The zero-order valence-electron chi connectivity index (χ0n) is 12.7. The number of rotatable bonds is 5. The Balaban J connectivity index is 0.00000529. The highest BCUT2D eigenvalue weighted by atomic mass is 127. The van der Waals surface area contributed by atoms with Crippen LogP contribution < -0.4 is 16.4 Å². The Morgan fingerprint density at radius 2 is 1.38 bits per heavy atom. The molecular weight excluding hydrogens is 678 g/mol. The van der Waals surface area contributed by atoms with E-state index < -0.39 is 5.97 Å². The van der Waals surface area contributed by atoms with E-state index in [4.69, 9.17) is 10.5 Å². The summed E-state index contributed by atoms with van der Waals surface area (Å²) in [5.41, 5.74) is 6.56. The number of amides is 2. The van der Waals surface area contributed by atoms with Crippen molar-refractivity contribution < 1.29 is 19.1 Å². The molecule has 1 aromatic rings. The van der Waals surface area contributed by atoms with E-state index in [1.807, 2.05) is 67.8 Å². The van der Waals surface area contributed by atoms with Gasteiger partial charge in [-0.25, -0.2) is 4.79 Å². The van der Waals surface area contributed by atoms with Gasteiger partial charge in [-0.1, -0.05) is 0 Å². The van der Waals surface area contributed by atoms with E-state index in [-0.39, 0.29) is 42.9 Å². The van der Waals surface area contributed by atoms with Crippen molar-refractivity contribution in [2.45, 2.75) is 13.8 Å². The van der Waals surface area contributed by atoms with Crippen LogP contribution >= 0.6 is 80.2 Å². The number of esters is 1. The Hall–Kier alpha value is 0.0700. The lowest BCUT2D eigenvalue weighted by molar-refractivity contribution is -0.115. The number of hydrogen-bond acceptors (Lipinski definition) is 5. The van der Waals surface area contributed by atoms with E-state index in [9.17, 15) is 14.4 Å². The van der Waals surface area contributed by atoms with Gasteiger partial charge in [0.1, 0.15) is 6.61 Å². The summed E-state index contributed by atoms with van der Waals surface area (Å²) in [7, 11) is 0. The van der Waals surface area contributed by atoms with Crippen molar-refractivity contribution in [3.8, 4) is 0 Å². The summed E-state index contributed by atoms with van der Waals surface area (Å²) in [6.45, 7) is 3.03. The van der Waals surface area contributed by atoms with E-state index in [0.29, 0.717) is 22.1 Å². The second-order valence-corrected chi connectivity index (χ2v) is 7.59. The third-order valence-electron chi connectivity index (χ3n) is 2.47. The molecule has 24 heavy (non-hydrogen) atoms. The van der Waals surface area contributed by atoms with Gasteiger partial charge in [-0.2, -0.15) is 0 Å². The number of nitrogens with one attached hydrogen (secondary N) is 2. The highest BCUT2D eigenvalue weighted by Crippen LogP contribution is 2.39. The molecule has 4 N–H and O–H groups in total. The van der Waals surface area contributed by atoms with E-state index in [1.54, 1.807) is 0 Å². The molecule has 0 aliphatic heterocycles. The second kappa shape index (κ2) is 10.9. The standard InChI is InChI=1S/C13H14I3N3O4.ClH/c1-5(20)18-11-8(14)7(13(22)23-4-3-17)9(15)12(10(11)16)19-6(2)21;/h3-4,17H2,1-2H3,(H,18,20)(H,19,21);1H. The number of halogens is 4. The molecule has 0 aliphatic rings. The molecule has 0 saturated heterocycles. The van der Waals surface area contributed by atoms with Crippen molar-refractivity contribution in [2.24, 2.45) is 5.73 Å². The van der Waals surface area contributed by atoms with Crippen LogP contribution in [0.25, 0.3) is 0 Å². The second-order valence-electron chi connectivity index (χ2n) is 4.35. The van der Waals surface area contributed by atoms with Gasteiger partial charge in [-0.05, 0) is 67.8 Å². The fourth-order valence-electron chi connectivity index (χ4n) is 1.64. The van der Waals surface area contributed by atoms with Crippen LogP contribution in [0.3, 0.4) is 0 Å². The number of hydrogen-bond donors (Lipinski definition) is 3. The molecule has 134 valence electrons. The van der Waals surface area contributed by atoms with Crippen molar-refractivity contribution in [1.29, 1.82) is 0 Å². The van der Waals surface area contributed by atoms with Crippen molar-refractivity contribution >= 4 is 109 Å². The molecule has 11 heteroatoms. The summed E-state index contributed by atoms with van der Waals surface area (Å²) in [6, 6.07) is 0. The van der Waals surface area contributed by atoms with Gasteiger partial charge in [0.15, 0.2) is 0 Å². The largest absolute Gasteiger partial charge is 0.461 e. The van der Waals surface area contributed by atoms with Gasteiger partial charge in [0.05, 0.1) is 27.6 Å². The van der Waals surface area contributed by atoms with E-state index in [0.717, 1.165) is 0 Å². The van der Waals surface area contributed by atoms with Crippen LogP contribution in [0.5, 0.6) is 0 Å². The summed E-state index contributed by atoms with van der Waals surface area (Å²) in [5.74, 6) is -1.12. The first kappa shape index (κ1) is 24.1. The minimum atomic E-state index is -0.557. The molecular formula is C13H15ClI3N3O4. The third kappa shape index (κ3) is 6.10. The molecule has 2 amide bonds. The number of ether oxygens (including phenoxy) is 1. The predicted octanol–water partition coefficient (Wildman–Crippen LogP) is 2.95. The average Bonchev–Trinajstić information content (AvgIpc) is 2.45. The van der Waals surface area contributed by atoms with Gasteiger partial charge in [-0.3, -0.25) is 9.59 Å². The monoisotopic (exact) mass is 693 g/mol. The molecule has 0 aliphatic carbocycles. The van der Waals surface area contributed by atoms with Crippen LogP contribution in [0, 0.1) is 10.7 Å². The Morgan fingerprint density at radius 1 is 0.958 bits per heavy atom. The maximum absolute atomic E-state index is 12.3. The molecule has 0 fully saturated rings. The summed E-state index contributed by atoms with van der Waals surface area (Å²) >= 11 is 5.96. The molecule has 0 unspecified atom stereocenters. The van der Waals surface area contributed by atoms with Crippen molar-refractivity contribution in [3.63, 3.8) is 0 Å². The van der Waals surface area contributed by atoms with Crippen LogP contribution in [-0.2, 0) is 14.3 Å².